The topological polar surface area (TPSA) is 94.5 Å². The van der Waals surface area contributed by atoms with Crippen LogP contribution in [0.5, 0.6) is 0 Å². The fraction of sp³-hybridized carbons (Fsp3) is 0.250. The van der Waals surface area contributed by atoms with Gasteiger partial charge in [-0.2, -0.15) is 5.26 Å². The molecule has 27 heavy (non-hydrogen) atoms. The van der Waals surface area contributed by atoms with Crippen LogP contribution in [0, 0.1) is 11.3 Å². The Bertz CT molecular complexity index is 852. The van der Waals surface area contributed by atoms with E-state index in [-0.39, 0.29) is 18.2 Å². The quantitative estimate of drug-likeness (QED) is 0.850. The molecule has 0 unspecified atom stereocenters. The average molecular weight is 364 g/mol. The summed E-state index contributed by atoms with van der Waals surface area (Å²) in [6.07, 6.45) is -0.208. The van der Waals surface area contributed by atoms with E-state index in [0.29, 0.717) is 24.5 Å². The van der Waals surface area contributed by atoms with Crippen LogP contribution in [-0.4, -0.2) is 38.1 Å². The Kier molecular flexibility index (Phi) is 6.02. The molecular formula is C20H20N4O3. The number of nitriles is 1. The minimum atomic E-state index is -0.380. The normalized spacial score (nSPS) is 13.5. The Balaban J connectivity index is 1.69. The Morgan fingerprint density at radius 3 is 2.44 bits per heavy atom. The van der Waals surface area contributed by atoms with Crippen molar-refractivity contribution in [3.63, 3.8) is 0 Å². The molecule has 2 aromatic rings. The van der Waals surface area contributed by atoms with E-state index < -0.39 is 0 Å². The van der Waals surface area contributed by atoms with Crippen LogP contribution in [0.3, 0.4) is 0 Å². The lowest BCUT2D eigenvalue weighted by atomic mass is 10.1. The lowest BCUT2D eigenvalue weighted by molar-refractivity contribution is -0.115. The summed E-state index contributed by atoms with van der Waals surface area (Å²) in [7, 11) is 0. The van der Waals surface area contributed by atoms with Gasteiger partial charge in [-0.25, -0.2) is 0 Å². The maximum atomic E-state index is 12.6. The maximum Gasteiger partial charge on any atom is 0.255 e. The van der Waals surface area contributed by atoms with Crippen LogP contribution in [0.4, 0.5) is 17.1 Å². The van der Waals surface area contributed by atoms with Crippen molar-refractivity contribution in [1.82, 2.24) is 0 Å². The number of hydrogen-bond acceptors (Lipinski definition) is 5. The molecule has 1 aliphatic heterocycles. The number of nitrogens with zero attached hydrogens (tertiary/aromatic N) is 2. The van der Waals surface area contributed by atoms with E-state index in [0.717, 1.165) is 24.5 Å². The smallest absolute Gasteiger partial charge is 0.255 e. The van der Waals surface area contributed by atoms with Crippen LogP contribution in [0.1, 0.15) is 16.8 Å². The second kappa shape index (κ2) is 8.83. The van der Waals surface area contributed by atoms with E-state index in [2.05, 4.69) is 15.5 Å². The number of anilines is 3. The molecule has 138 valence electrons. The van der Waals surface area contributed by atoms with Crippen molar-refractivity contribution >= 4 is 28.9 Å². The molecule has 0 saturated carbocycles. The van der Waals surface area contributed by atoms with E-state index >= 15 is 0 Å². The summed E-state index contributed by atoms with van der Waals surface area (Å²) in [5, 5.41) is 14.1. The summed E-state index contributed by atoms with van der Waals surface area (Å²) in [5.74, 6) is -0.611. The van der Waals surface area contributed by atoms with Gasteiger partial charge >= 0.3 is 0 Å². The predicted octanol–water partition coefficient (Wildman–Crippen LogP) is 2.63. The van der Waals surface area contributed by atoms with Gasteiger partial charge in [0.25, 0.3) is 5.91 Å². The molecular weight excluding hydrogens is 344 g/mol. The summed E-state index contributed by atoms with van der Waals surface area (Å²) in [4.78, 5) is 26.2. The zero-order valence-corrected chi connectivity index (χ0v) is 14.8. The van der Waals surface area contributed by atoms with Crippen LogP contribution in [0.25, 0.3) is 0 Å². The third-order valence-corrected chi connectivity index (χ3v) is 4.17. The van der Waals surface area contributed by atoms with Crippen LogP contribution in [-0.2, 0) is 9.53 Å². The molecule has 0 radical (unpaired) electrons. The first-order valence-electron chi connectivity index (χ1n) is 8.67. The Hall–Kier alpha value is -3.37. The molecule has 7 nitrogen and oxygen atoms in total. The highest BCUT2D eigenvalue weighted by Gasteiger charge is 2.16. The molecule has 2 amide bonds. The molecule has 1 saturated heterocycles. The minimum Gasteiger partial charge on any atom is -0.378 e. The van der Waals surface area contributed by atoms with Crippen molar-refractivity contribution < 1.29 is 14.3 Å². The van der Waals surface area contributed by atoms with Crippen molar-refractivity contribution in [1.29, 1.82) is 5.26 Å². The van der Waals surface area contributed by atoms with Crippen molar-refractivity contribution in [2.45, 2.75) is 6.42 Å². The standard InChI is InChI=1S/C20H20N4O3/c21-10-9-19(25)22-16-7-5-15(6-8-16)20(26)23-17-3-1-2-4-18(17)24-11-13-27-14-12-24/h1-8H,9,11-14H2,(H,22,25)(H,23,26). The van der Waals surface area contributed by atoms with Crippen LogP contribution >= 0.6 is 0 Å². The molecule has 2 N–H and O–H groups in total. The fourth-order valence-corrected chi connectivity index (χ4v) is 2.84. The van der Waals surface area contributed by atoms with Gasteiger partial charge in [-0.05, 0) is 36.4 Å². The molecule has 3 rings (SSSR count). The number of carbonyl (C=O) groups is 2. The second-order valence-corrected chi connectivity index (χ2v) is 6.03. The van der Waals surface area contributed by atoms with Gasteiger partial charge < -0.3 is 20.3 Å². The zero-order valence-electron chi connectivity index (χ0n) is 14.8. The van der Waals surface area contributed by atoms with Gasteiger partial charge in [-0.15, -0.1) is 0 Å². The Morgan fingerprint density at radius 2 is 1.74 bits per heavy atom. The first-order valence-corrected chi connectivity index (χ1v) is 8.67. The molecule has 0 spiro atoms. The SMILES string of the molecule is N#CCC(=O)Nc1ccc(C(=O)Nc2ccccc2N2CCOCC2)cc1. The minimum absolute atomic E-state index is 0.208. The second-order valence-electron chi connectivity index (χ2n) is 6.03. The molecule has 1 heterocycles. The molecule has 0 atom stereocenters. The fourth-order valence-electron chi connectivity index (χ4n) is 2.84. The van der Waals surface area contributed by atoms with E-state index in [1.54, 1.807) is 30.3 Å². The van der Waals surface area contributed by atoms with Gasteiger partial charge in [-0.1, -0.05) is 12.1 Å². The number of rotatable bonds is 5. The zero-order chi connectivity index (χ0) is 19.1. The van der Waals surface area contributed by atoms with Gasteiger partial charge in [0.1, 0.15) is 6.42 Å². The summed E-state index contributed by atoms with van der Waals surface area (Å²) < 4.78 is 5.39. The number of hydrogen-bond donors (Lipinski definition) is 2. The van der Waals surface area contributed by atoms with Gasteiger partial charge in [0, 0.05) is 24.3 Å². The van der Waals surface area contributed by atoms with E-state index in [1.807, 2.05) is 24.3 Å². The van der Waals surface area contributed by atoms with E-state index in [4.69, 9.17) is 10.00 Å². The lowest BCUT2D eigenvalue weighted by Gasteiger charge is -2.30. The molecule has 1 aliphatic rings. The predicted molar refractivity (Wildman–Crippen MR) is 103 cm³/mol. The van der Waals surface area contributed by atoms with Crippen LogP contribution < -0.4 is 15.5 Å². The van der Waals surface area contributed by atoms with Gasteiger partial charge in [0.15, 0.2) is 0 Å². The number of ether oxygens (including phenoxy) is 1. The van der Waals surface area contributed by atoms with E-state index in [9.17, 15) is 9.59 Å². The molecule has 0 aromatic heterocycles. The molecule has 2 aromatic carbocycles. The number of amides is 2. The largest absolute Gasteiger partial charge is 0.378 e. The summed E-state index contributed by atoms with van der Waals surface area (Å²) in [5.41, 5.74) is 2.73. The molecule has 7 heteroatoms. The average Bonchev–Trinajstić information content (AvgIpc) is 2.70. The highest BCUT2D eigenvalue weighted by Crippen LogP contribution is 2.27. The Morgan fingerprint density at radius 1 is 1.04 bits per heavy atom. The first-order chi connectivity index (χ1) is 13.2. The molecule has 0 aliphatic carbocycles. The van der Waals surface area contributed by atoms with Gasteiger partial charge in [0.05, 0.1) is 30.7 Å². The van der Waals surface area contributed by atoms with Crippen molar-refractivity contribution in [3.05, 3.63) is 54.1 Å². The number of morpholine rings is 1. The maximum absolute atomic E-state index is 12.6. The highest BCUT2D eigenvalue weighted by atomic mass is 16.5. The number of benzene rings is 2. The summed E-state index contributed by atoms with van der Waals surface area (Å²) in [6, 6.07) is 16.0. The van der Waals surface area contributed by atoms with Crippen LogP contribution in [0.15, 0.2) is 48.5 Å². The van der Waals surface area contributed by atoms with Crippen molar-refractivity contribution in [2.24, 2.45) is 0 Å². The van der Waals surface area contributed by atoms with Crippen molar-refractivity contribution in [2.75, 3.05) is 41.8 Å². The number of carbonyl (C=O) groups excluding carboxylic acids is 2. The molecule has 1 fully saturated rings. The third kappa shape index (κ3) is 4.84. The summed E-state index contributed by atoms with van der Waals surface area (Å²) >= 11 is 0. The van der Waals surface area contributed by atoms with Crippen LogP contribution in [0.2, 0.25) is 0 Å². The van der Waals surface area contributed by atoms with Gasteiger partial charge in [0.2, 0.25) is 5.91 Å². The number of para-hydroxylation sites is 2. The Labute approximate surface area is 157 Å². The number of nitrogens with one attached hydrogen (secondary N) is 2. The lowest BCUT2D eigenvalue weighted by Crippen LogP contribution is -2.36. The monoisotopic (exact) mass is 364 g/mol. The van der Waals surface area contributed by atoms with Gasteiger partial charge in [-0.3, -0.25) is 9.59 Å². The van der Waals surface area contributed by atoms with Crippen molar-refractivity contribution in [3.8, 4) is 6.07 Å². The third-order valence-electron chi connectivity index (χ3n) is 4.17. The highest BCUT2D eigenvalue weighted by molar-refractivity contribution is 6.06. The summed E-state index contributed by atoms with van der Waals surface area (Å²) in [6.45, 7) is 2.90. The first kappa shape index (κ1) is 18.4. The van der Waals surface area contributed by atoms with E-state index in [1.165, 1.54) is 0 Å². The molecule has 0 bridgehead atoms.